The van der Waals surface area contributed by atoms with Crippen LogP contribution in [0, 0.1) is 0 Å². The van der Waals surface area contributed by atoms with Gasteiger partial charge < -0.3 is 9.30 Å². The zero-order valence-corrected chi connectivity index (χ0v) is 15.5. The van der Waals surface area contributed by atoms with E-state index in [1.54, 1.807) is 27.1 Å². The third kappa shape index (κ3) is 3.85. The number of nitrogens with zero attached hydrogens (tertiary/aromatic N) is 3. The third-order valence-corrected chi connectivity index (χ3v) is 4.04. The van der Waals surface area contributed by atoms with Crippen molar-refractivity contribution in [3.63, 3.8) is 0 Å². The van der Waals surface area contributed by atoms with Gasteiger partial charge in [-0.15, -0.1) is 0 Å². The number of amides is 2. The van der Waals surface area contributed by atoms with Crippen LogP contribution in [-0.2, 0) is 23.0 Å². The number of aryl methyl sites for hydroxylation is 1. The summed E-state index contributed by atoms with van der Waals surface area (Å²) < 4.78 is 7.22. The monoisotopic (exact) mass is 353 g/mol. The van der Waals surface area contributed by atoms with E-state index in [9.17, 15) is 9.59 Å². The van der Waals surface area contributed by atoms with Crippen molar-refractivity contribution in [1.82, 2.24) is 14.5 Å². The number of hydrogen-bond donors (Lipinski definition) is 0. The van der Waals surface area contributed by atoms with Crippen LogP contribution in [-0.4, -0.2) is 38.6 Å². The fourth-order valence-electron chi connectivity index (χ4n) is 2.87. The maximum Gasteiger partial charge on any atom is 0.417 e. The molecular formula is C20H23N3O3. The van der Waals surface area contributed by atoms with Gasteiger partial charge in [-0.1, -0.05) is 30.3 Å². The van der Waals surface area contributed by atoms with Crippen LogP contribution in [0.1, 0.15) is 32.0 Å². The number of carbonyl (C=O) groups excluding carboxylic acids is 2. The molecule has 2 aromatic rings. The quantitative estimate of drug-likeness (QED) is 0.850. The summed E-state index contributed by atoms with van der Waals surface area (Å²) in [6, 6.07) is 9.72. The molecule has 0 unspecified atom stereocenters. The number of ether oxygens (including phenoxy) is 1. The normalized spacial score (nSPS) is 14.9. The molecule has 0 saturated carbocycles. The Morgan fingerprint density at radius 3 is 2.50 bits per heavy atom. The van der Waals surface area contributed by atoms with Gasteiger partial charge in [0.15, 0.2) is 0 Å². The Bertz CT molecular complexity index is 860. The lowest BCUT2D eigenvalue weighted by Gasteiger charge is -2.23. The second-order valence-corrected chi connectivity index (χ2v) is 7.42. The molecule has 1 aliphatic rings. The first-order chi connectivity index (χ1) is 12.2. The molecular weight excluding hydrogens is 330 g/mol. The Kier molecular flexibility index (Phi) is 4.68. The van der Waals surface area contributed by atoms with Gasteiger partial charge in [-0.25, -0.2) is 14.7 Å². The second-order valence-electron chi connectivity index (χ2n) is 7.42. The van der Waals surface area contributed by atoms with E-state index in [1.807, 2.05) is 48.1 Å². The molecule has 1 aliphatic heterocycles. The van der Waals surface area contributed by atoms with Crippen LogP contribution in [0.25, 0.3) is 5.57 Å². The Morgan fingerprint density at radius 1 is 1.23 bits per heavy atom. The molecule has 0 spiro atoms. The van der Waals surface area contributed by atoms with Crippen LogP contribution in [0.4, 0.5) is 4.79 Å². The lowest BCUT2D eigenvalue weighted by Crippen LogP contribution is -2.38. The minimum Gasteiger partial charge on any atom is -0.443 e. The number of imide groups is 1. The molecule has 0 fully saturated rings. The van der Waals surface area contributed by atoms with Gasteiger partial charge in [-0.05, 0) is 26.3 Å². The van der Waals surface area contributed by atoms with E-state index in [0.29, 0.717) is 17.7 Å². The minimum atomic E-state index is -0.662. The molecule has 6 nitrogen and oxygen atoms in total. The number of rotatable bonds is 3. The molecule has 0 N–H and O–H groups in total. The van der Waals surface area contributed by atoms with Gasteiger partial charge in [-0.3, -0.25) is 4.79 Å². The summed E-state index contributed by atoms with van der Waals surface area (Å²) in [5.74, 6) is -0.316. The van der Waals surface area contributed by atoms with Crippen LogP contribution in [0.3, 0.4) is 0 Å². The van der Waals surface area contributed by atoms with Crippen LogP contribution in [0.2, 0.25) is 0 Å². The Balaban J connectivity index is 1.94. The van der Waals surface area contributed by atoms with E-state index < -0.39 is 11.7 Å². The summed E-state index contributed by atoms with van der Waals surface area (Å²) in [4.78, 5) is 31.0. The Morgan fingerprint density at radius 2 is 1.92 bits per heavy atom. The zero-order valence-electron chi connectivity index (χ0n) is 15.5. The van der Waals surface area contributed by atoms with Crippen molar-refractivity contribution in [3.05, 3.63) is 59.7 Å². The van der Waals surface area contributed by atoms with Gasteiger partial charge >= 0.3 is 6.09 Å². The SMILES string of the molecule is Cn1cnc(C2=C(Cc3ccccc3)C(=O)N(C(=O)OC(C)(C)C)C2)c1. The van der Waals surface area contributed by atoms with Crippen LogP contribution < -0.4 is 0 Å². The largest absolute Gasteiger partial charge is 0.443 e. The van der Waals surface area contributed by atoms with E-state index in [2.05, 4.69) is 4.98 Å². The standard InChI is InChI=1S/C20H23N3O3/c1-20(2,3)26-19(25)23-11-16(17-12-22(4)13-21-17)15(18(23)24)10-14-8-6-5-7-9-14/h5-9,12-13H,10-11H2,1-4H3. The molecule has 1 aromatic carbocycles. The minimum absolute atomic E-state index is 0.174. The summed E-state index contributed by atoms with van der Waals surface area (Å²) in [5, 5.41) is 0. The van der Waals surface area contributed by atoms with Crippen molar-refractivity contribution in [2.75, 3.05) is 6.54 Å². The molecule has 2 amide bonds. The molecule has 0 aliphatic carbocycles. The smallest absolute Gasteiger partial charge is 0.417 e. The Hall–Kier alpha value is -2.89. The number of benzene rings is 1. The van der Waals surface area contributed by atoms with Crippen molar-refractivity contribution in [1.29, 1.82) is 0 Å². The van der Waals surface area contributed by atoms with Crippen molar-refractivity contribution < 1.29 is 14.3 Å². The summed E-state index contributed by atoms with van der Waals surface area (Å²) in [6.07, 6.45) is 3.36. The third-order valence-electron chi connectivity index (χ3n) is 4.04. The van der Waals surface area contributed by atoms with E-state index in [-0.39, 0.29) is 12.5 Å². The highest BCUT2D eigenvalue weighted by Crippen LogP contribution is 2.30. The first kappa shape index (κ1) is 17.9. The zero-order chi connectivity index (χ0) is 18.9. The van der Waals surface area contributed by atoms with Crippen LogP contribution in [0.15, 0.2) is 48.4 Å². The Labute approximate surface area is 153 Å². The topological polar surface area (TPSA) is 64.4 Å². The summed E-state index contributed by atoms with van der Waals surface area (Å²) in [6.45, 7) is 5.52. The first-order valence-corrected chi connectivity index (χ1v) is 8.54. The fraction of sp³-hybridized carbons (Fsp3) is 0.350. The number of hydrogen-bond acceptors (Lipinski definition) is 4. The number of imidazole rings is 1. The summed E-state index contributed by atoms with van der Waals surface area (Å²) in [7, 11) is 1.87. The summed E-state index contributed by atoms with van der Waals surface area (Å²) >= 11 is 0. The maximum absolute atomic E-state index is 13.0. The molecule has 6 heteroatoms. The maximum atomic E-state index is 13.0. The molecule has 2 heterocycles. The van der Waals surface area contributed by atoms with E-state index in [4.69, 9.17) is 4.74 Å². The van der Waals surface area contributed by atoms with Gasteiger partial charge in [0.05, 0.1) is 18.6 Å². The average molecular weight is 353 g/mol. The highest BCUT2D eigenvalue weighted by atomic mass is 16.6. The van der Waals surface area contributed by atoms with Gasteiger partial charge in [0.2, 0.25) is 0 Å². The van der Waals surface area contributed by atoms with Gasteiger partial charge in [0.1, 0.15) is 5.60 Å². The van der Waals surface area contributed by atoms with Crippen molar-refractivity contribution in [3.8, 4) is 0 Å². The van der Waals surface area contributed by atoms with Crippen LogP contribution >= 0.6 is 0 Å². The predicted octanol–water partition coefficient (Wildman–Crippen LogP) is 3.19. The lowest BCUT2D eigenvalue weighted by atomic mass is 10.0. The molecule has 26 heavy (non-hydrogen) atoms. The molecule has 0 radical (unpaired) electrons. The molecule has 1 aromatic heterocycles. The van der Waals surface area contributed by atoms with Gasteiger partial charge in [0.25, 0.3) is 5.91 Å². The molecule has 136 valence electrons. The molecule has 0 atom stereocenters. The molecule has 0 saturated heterocycles. The van der Waals surface area contributed by atoms with Gasteiger partial charge in [0, 0.05) is 30.8 Å². The van der Waals surface area contributed by atoms with Crippen molar-refractivity contribution >= 4 is 17.6 Å². The number of carbonyl (C=O) groups is 2. The van der Waals surface area contributed by atoms with E-state index >= 15 is 0 Å². The highest BCUT2D eigenvalue weighted by molar-refractivity contribution is 6.12. The van der Waals surface area contributed by atoms with Crippen molar-refractivity contribution in [2.24, 2.45) is 7.05 Å². The highest BCUT2D eigenvalue weighted by Gasteiger charge is 2.37. The van der Waals surface area contributed by atoms with Crippen molar-refractivity contribution in [2.45, 2.75) is 32.8 Å². The molecule has 0 bridgehead atoms. The van der Waals surface area contributed by atoms with Crippen LogP contribution in [0.5, 0.6) is 0 Å². The van der Waals surface area contributed by atoms with E-state index in [0.717, 1.165) is 16.0 Å². The lowest BCUT2D eigenvalue weighted by molar-refractivity contribution is -0.124. The van der Waals surface area contributed by atoms with E-state index in [1.165, 1.54) is 0 Å². The second kappa shape index (κ2) is 6.78. The average Bonchev–Trinajstić information content (AvgIpc) is 3.11. The summed E-state index contributed by atoms with van der Waals surface area (Å²) in [5.41, 5.74) is 2.41. The first-order valence-electron chi connectivity index (χ1n) is 8.54. The van der Waals surface area contributed by atoms with Gasteiger partial charge in [-0.2, -0.15) is 0 Å². The molecule has 3 rings (SSSR count). The predicted molar refractivity (Wildman–Crippen MR) is 98.2 cm³/mol. The number of aromatic nitrogens is 2. The fourth-order valence-corrected chi connectivity index (χ4v) is 2.87.